The van der Waals surface area contributed by atoms with E-state index in [0.717, 1.165) is 11.1 Å². The normalized spacial score (nSPS) is 14.9. The maximum absolute atomic E-state index is 12.3. The smallest absolute Gasteiger partial charge is 0.308 e. The number of carbonyl (C=O) groups excluding carboxylic acids is 3. The van der Waals surface area contributed by atoms with Gasteiger partial charge in [-0.2, -0.15) is 0 Å². The molecule has 28 heavy (non-hydrogen) atoms. The monoisotopic (exact) mass is 398 g/mol. The van der Waals surface area contributed by atoms with Crippen molar-refractivity contribution in [1.29, 1.82) is 0 Å². The molecule has 2 amide bonds. The van der Waals surface area contributed by atoms with Gasteiger partial charge in [-0.15, -0.1) is 0 Å². The van der Waals surface area contributed by atoms with Gasteiger partial charge in [-0.1, -0.05) is 35.9 Å². The van der Waals surface area contributed by atoms with Gasteiger partial charge in [0.15, 0.2) is 6.61 Å². The summed E-state index contributed by atoms with van der Waals surface area (Å²) in [5.41, 5.74) is 2.36. The van der Waals surface area contributed by atoms with Crippen LogP contribution in [0.5, 0.6) is 0 Å². The van der Waals surface area contributed by atoms with E-state index in [2.05, 4.69) is 5.32 Å². The van der Waals surface area contributed by atoms with Gasteiger partial charge < -0.3 is 15.0 Å². The minimum atomic E-state index is -0.562. The van der Waals surface area contributed by atoms with E-state index in [-0.39, 0.29) is 12.3 Å². The van der Waals surface area contributed by atoms with E-state index >= 15 is 0 Å². The molecule has 0 bridgehead atoms. The number of carbonyl (C=O) groups is 3. The van der Waals surface area contributed by atoms with Crippen molar-refractivity contribution in [1.82, 2.24) is 4.90 Å². The van der Waals surface area contributed by atoms with Crippen LogP contribution in [0, 0.1) is 0 Å². The second-order valence-corrected chi connectivity index (χ2v) is 6.74. The maximum atomic E-state index is 12.3. The van der Waals surface area contributed by atoms with Crippen LogP contribution in [-0.2, 0) is 19.1 Å². The first-order valence-electron chi connectivity index (χ1n) is 8.71. The lowest BCUT2D eigenvalue weighted by molar-refractivity contribution is -0.149. The lowest BCUT2D eigenvalue weighted by atomic mass is 9.94. The van der Waals surface area contributed by atoms with E-state index in [9.17, 15) is 14.4 Å². The van der Waals surface area contributed by atoms with E-state index in [4.69, 9.17) is 16.3 Å². The number of hydrogen-bond acceptors (Lipinski definition) is 4. The molecule has 2 aromatic carbocycles. The molecule has 1 aliphatic heterocycles. The van der Waals surface area contributed by atoms with Crippen LogP contribution in [0.2, 0.25) is 5.02 Å². The Morgan fingerprint density at radius 1 is 1.11 bits per heavy atom. The number of rotatable bonds is 5. The molecule has 144 valence electrons. The molecule has 1 N–H and O–H groups in total. The lowest BCUT2D eigenvalue weighted by Gasteiger charge is -2.32. The van der Waals surface area contributed by atoms with E-state index in [1.54, 1.807) is 30.5 Å². The molecular formula is C21H19ClN2O4. The van der Waals surface area contributed by atoms with Crippen LogP contribution in [0.1, 0.15) is 30.5 Å². The fourth-order valence-corrected chi connectivity index (χ4v) is 3.13. The van der Waals surface area contributed by atoms with Crippen molar-refractivity contribution in [3.05, 3.63) is 70.9 Å². The molecule has 3 rings (SSSR count). The van der Waals surface area contributed by atoms with Crippen LogP contribution < -0.4 is 5.32 Å². The molecular weight excluding hydrogens is 380 g/mol. The Balaban J connectivity index is 1.60. The summed E-state index contributed by atoms with van der Waals surface area (Å²) in [5.74, 6) is -1.19. The predicted molar refractivity (Wildman–Crippen MR) is 106 cm³/mol. The van der Waals surface area contributed by atoms with E-state index < -0.39 is 24.5 Å². The van der Waals surface area contributed by atoms with Gasteiger partial charge in [-0.25, -0.2) is 0 Å². The van der Waals surface area contributed by atoms with Gasteiger partial charge in [-0.05, 0) is 41.5 Å². The molecule has 7 heteroatoms. The highest BCUT2D eigenvalue weighted by Gasteiger charge is 2.28. The minimum absolute atomic E-state index is 0.0465. The Labute approximate surface area is 167 Å². The zero-order valence-corrected chi connectivity index (χ0v) is 16.0. The molecule has 0 aromatic heterocycles. The molecule has 0 saturated carbocycles. The number of anilines is 1. The van der Waals surface area contributed by atoms with Crippen LogP contribution >= 0.6 is 11.6 Å². The van der Waals surface area contributed by atoms with E-state index in [1.165, 1.54) is 11.8 Å². The predicted octanol–water partition coefficient (Wildman–Crippen LogP) is 3.79. The third kappa shape index (κ3) is 4.78. The van der Waals surface area contributed by atoms with Crippen molar-refractivity contribution in [2.24, 2.45) is 0 Å². The lowest BCUT2D eigenvalue weighted by Crippen LogP contribution is -2.33. The average Bonchev–Trinajstić information content (AvgIpc) is 2.68. The summed E-state index contributed by atoms with van der Waals surface area (Å²) in [6.45, 7) is 1.03. The zero-order valence-electron chi connectivity index (χ0n) is 15.2. The standard InChI is InChI=1S/C21H19ClN2O4/c1-14(25)24-11-10-15-4-2-3-5-18(15)19(24)12-21(27)28-13-20(26)23-17-8-6-16(22)7-9-17/h2-11,19H,12-13H2,1H3,(H,23,26)/t19-/m1/s1. The highest BCUT2D eigenvalue weighted by molar-refractivity contribution is 6.30. The van der Waals surface area contributed by atoms with Gasteiger partial charge in [0, 0.05) is 23.8 Å². The number of hydrogen-bond donors (Lipinski definition) is 1. The molecule has 0 aliphatic carbocycles. The van der Waals surface area contributed by atoms with Crippen molar-refractivity contribution in [2.45, 2.75) is 19.4 Å². The number of fused-ring (bicyclic) bond motifs is 1. The summed E-state index contributed by atoms with van der Waals surface area (Å²) in [4.78, 5) is 37.7. The van der Waals surface area contributed by atoms with Gasteiger partial charge in [0.1, 0.15) is 0 Å². The third-order valence-electron chi connectivity index (χ3n) is 4.32. The van der Waals surface area contributed by atoms with Crippen molar-refractivity contribution in [3.8, 4) is 0 Å². The highest BCUT2D eigenvalue weighted by Crippen LogP contribution is 2.33. The molecule has 1 aliphatic rings. The Morgan fingerprint density at radius 3 is 2.54 bits per heavy atom. The van der Waals surface area contributed by atoms with Crippen molar-refractivity contribution in [2.75, 3.05) is 11.9 Å². The number of halogens is 1. The summed E-state index contributed by atoms with van der Waals surface area (Å²) in [5, 5.41) is 3.18. The fraction of sp³-hybridized carbons (Fsp3) is 0.190. The first-order valence-corrected chi connectivity index (χ1v) is 9.09. The number of ether oxygens (including phenoxy) is 1. The largest absolute Gasteiger partial charge is 0.455 e. The number of amides is 2. The van der Waals surface area contributed by atoms with Crippen molar-refractivity contribution < 1.29 is 19.1 Å². The second kappa shape index (κ2) is 8.71. The molecule has 0 unspecified atom stereocenters. The van der Waals surface area contributed by atoms with Crippen molar-refractivity contribution >= 4 is 41.1 Å². The molecule has 0 radical (unpaired) electrons. The molecule has 1 atom stereocenters. The Hall–Kier alpha value is -3.12. The van der Waals surface area contributed by atoms with Crippen LogP contribution in [0.15, 0.2) is 54.7 Å². The minimum Gasteiger partial charge on any atom is -0.455 e. The summed E-state index contributed by atoms with van der Waals surface area (Å²) in [6.07, 6.45) is 3.45. The summed E-state index contributed by atoms with van der Waals surface area (Å²) in [7, 11) is 0. The summed E-state index contributed by atoms with van der Waals surface area (Å²) in [6, 6.07) is 13.7. The molecule has 0 fully saturated rings. The van der Waals surface area contributed by atoms with E-state index in [0.29, 0.717) is 10.7 Å². The van der Waals surface area contributed by atoms with Crippen LogP contribution in [0.4, 0.5) is 5.69 Å². The maximum Gasteiger partial charge on any atom is 0.308 e. The quantitative estimate of drug-likeness (QED) is 0.777. The van der Waals surface area contributed by atoms with Crippen LogP contribution in [0.25, 0.3) is 6.08 Å². The second-order valence-electron chi connectivity index (χ2n) is 6.31. The number of esters is 1. The average molecular weight is 399 g/mol. The van der Waals surface area contributed by atoms with Crippen molar-refractivity contribution in [3.63, 3.8) is 0 Å². The van der Waals surface area contributed by atoms with Gasteiger partial charge in [0.2, 0.25) is 5.91 Å². The summed E-state index contributed by atoms with van der Waals surface area (Å²) >= 11 is 5.80. The Kier molecular flexibility index (Phi) is 6.11. The first kappa shape index (κ1) is 19.6. The van der Waals surface area contributed by atoms with Crippen LogP contribution in [0.3, 0.4) is 0 Å². The molecule has 2 aromatic rings. The van der Waals surface area contributed by atoms with Gasteiger partial charge >= 0.3 is 5.97 Å². The SMILES string of the molecule is CC(=O)N1C=Cc2ccccc2[C@H]1CC(=O)OCC(=O)Nc1ccc(Cl)cc1. The Bertz CT molecular complexity index is 924. The fourth-order valence-electron chi connectivity index (χ4n) is 3.01. The van der Waals surface area contributed by atoms with Gasteiger partial charge in [0.05, 0.1) is 12.5 Å². The zero-order chi connectivity index (χ0) is 20.1. The van der Waals surface area contributed by atoms with Crippen LogP contribution in [-0.4, -0.2) is 29.3 Å². The topological polar surface area (TPSA) is 75.7 Å². The molecule has 6 nitrogen and oxygen atoms in total. The Morgan fingerprint density at radius 2 is 1.82 bits per heavy atom. The molecule has 0 saturated heterocycles. The third-order valence-corrected chi connectivity index (χ3v) is 4.57. The van der Waals surface area contributed by atoms with Gasteiger partial charge in [-0.3, -0.25) is 14.4 Å². The summed E-state index contributed by atoms with van der Waals surface area (Å²) < 4.78 is 5.11. The molecule has 0 spiro atoms. The number of benzene rings is 2. The van der Waals surface area contributed by atoms with Gasteiger partial charge in [0.25, 0.3) is 5.91 Å². The number of nitrogens with zero attached hydrogens (tertiary/aromatic N) is 1. The highest BCUT2D eigenvalue weighted by atomic mass is 35.5. The van der Waals surface area contributed by atoms with E-state index in [1.807, 2.05) is 30.3 Å². The molecule has 1 heterocycles. The first-order chi connectivity index (χ1) is 13.4. The number of nitrogens with one attached hydrogen (secondary N) is 1.